The third-order valence-electron chi connectivity index (χ3n) is 3.00. The highest BCUT2D eigenvalue weighted by molar-refractivity contribution is 6.03. The van der Waals surface area contributed by atoms with Crippen LogP contribution in [0.3, 0.4) is 0 Å². The summed E-state index contributed by atoms with van der Waals surface area (Å²) in [5.41, 5.74) is 2.38. The van der Waals surface area contributed by atoms with Crippen molar-refractivity contribution in [3.8, 4) is 0 Å². The SMILES string of the molecule is CCCCC1=CCC(=O)C1=CC1CC1. The standard InChI is InChI=1S/C13H18O/c1-2-3-4-11-7-8-13(14)12(11)9-10-5-6-10/h7,9-10H,2-6,8H2,1H3. The van der Waals surface area contributed by atoms with Crippen molar-refractivity contribution in [2.45, 2.75) is 45.4 Å². The number of unbranched alkanes of at least 4 members (excludes halogenated alkanes) is 1. The molecule has 2 aliphatic rings. The van der Waals surface area contributed by atoms with Crippen molar-refractivity contribution in [3.05, 3.63) is 23.3 Å². The van der Waals surface area contributed by atoms with Crippen LogP contribution in [0, 0.1) is 5.92 Å². The summed E-state index contributed by atoms with van der Waals surface area (Å²) >= 11 is 0. The molecule has 0 bridgehead atoms. The molecule has 1 saturated carbocycles. The molecule has 0 amide bonds. The Hall–Kier alpha value is -0.850. The topological polar surface area (TPSA) is 17.1 Å². The predicted molar refractivity (Wildman–Crippen MR) is 58.0 cm³/mol. The van der Waals surface area contributed by atoms with Crippen LogP contribution in [0.25, 0.3) is 0 Å². The Bertz CT molecular complexity index is 292. The van der Waals surface area contributed by atoms with E-state index in [0.717, 1.165) is 17.9 Å². The van der Waals surface area contributed by atoms with E-state index in [1.165, 1.54) is 31.3 Å². The van der Waals surface area contributed by atoms with Crippen molar-refractivity contribution < 1.29 is 4.79 Å². The minimum absolute atomic E-state index is 0.350. The Morgan fingerprint density at radius 1 is 1.50 bits per heavy atom. The minimum Gasteiger partial charge on any atom is -0.294 e. The van der Waals surface area contributed by atoms with Crippen LogP contribution in [0.4, 0.5) is 0 Å². The van der Waals surface area contributed by atoms with Gasteiger partial charge in [-0.1, -0.05) is 25.5 Å². The molecular formula is C13H18O. The van der Waals surface area contributed by atoms with E-state index in [1.807, 2.05) is 0 Å². The number of hydrogen-bond acceptors (Lipinski definition) is 1. The number of hydrogen-bond donors (Lipinski definition) is 0. The molecule has 76 valence electrons. The highest BCUT2D eigenvalue weighted by Crippen LogP contribution is 2.35. The van der Waals surface area contributed by atoms with Gasteiger partial charge in [-0.3, -0.25) is 4.79 Å². The van der Waals surface area contributed by atoms with Gasteiger partial charge >= 0.3 is 0 Å². The number of carbonyl (C=O) groups is 1. The molecule has 0 atom stereocenters. The summed E-state index contributed by atoms with van der Waals surface area (Å²) in [7, 11) is 0. The van der Waals surface area contributed by atoms with Crippen LogP contribution >= 0.6 is 0 Å². The Kier molecular flexibility index (Phi) is 2.85. The van der Waals surface area contributed by atoms with Crippen LogP contribution in [-0.2, 0) is 4.79 Å². The van der Waals surface area contributed by atoms with Gasteiger partial charge in [0, 0.05) is 12.0 Å². The summed E-state index contributed by atoms with van der Waals surface area (Å²) in [5.74, 6) is 1.07. The fraction of sp³-hybridized carbons (Fsp3) is 0.615. The highest BCUT2D eigenvalue weighted by Gasteiger charge is 2.25. The second kappa shape index (κ2) is 4.12. The van der Waals surface area contributed by atoms with Crippen molar-refractivity contribution in [2.24, 2.45) is 5.92 Å². The highest BCUT2D eigenvalue weighted by atomic mass is 16.1. The molecule has 1 nitrogen and oxygen atoms in total. The number of allylic oxidation sites excluding steroid dienone is 4. The maximum absolute atomic E-state index is 11.6. The van der Waals surface area contributed by atoms with Crippen LogP contribution in [0.2, 0.25) is 0 Å². The molecule has 2 rings (SSSR count). The lowest BCUT2D eigenvalue weighted by Crippen LogP contribution is -1.97. The summed E-state index contributed by atoms with van der Waals surface area (Å²) in [6.07, 6.45) is 11.1. The van der Waals surface area contributed by atoms with E-state index in [2.05, 4.69) is 19.1 Å². The molecule has 0 N–H and O–H groups in total. The minimum atomic E-state index is 0.350. The normalized spacial score (nSPS) is 24.5. The lowest BCUT2D eigenvalue weighted by Gasteiger charge is -2.03. The molecule has 14 heavy (non-hydrogen) atoms. The van der Waals surface area contributed by atoms with Gasteiger partial charge in [0.15, 0.2) is 5.78 Å². The first-order valence-electron chi connectivity index (χ1n) is 5.75. The number of ketones is 1. The predicted octanol–water partition coefficient (Wildman–Crippen LogP) is 3.41. The molecule has 1 fully saturated rings. The number of carbonyl (C=O) groups excluding carboxylic acids is 1. The summed E-state index contributed by atoms with van der Waals surface area (Å²) in [6.45, 7) is 2.20. The average Bonchev–Trinajstić information content (AvgIpc) is 2.92. The lowest BCUT2D eigenvalue weighted by atomic mass is 10.0. The van der Waals surface area contributed by atoms with Gasteiger partial charge in [-0.05, 0) is 37.2 Å². The summed E-state index contributed by atoms with van der Waals surface area (Å²) in [4.78, 5) is 11.6. The van der Waals surface area contributed by atoms with E-state index in [9.17, 15) is 4.79 Å². The van der Waals surface area contributed by atoms with Crippen LogP contribution < -0.4 is 0 Å². The summed E-state index contributed by atoms with van der Waals surface area (Å²) in [5, 5.41) is 0. The molecule has 0 unspecified atom stereocenters. The molecule has 0 saturated heterocycles. The van der Waals surface area contributed by atoms with E-state index in [-0.39, 0.29) is 0 Å². The van der Waals surface area contributed by atoms with E-state index in [4.69, 9.17) is 0 Å². The van der Waals surface area contributed by atoms with Gasteiger partial charge in [0.05, 0.1) is 0 Å². The second-order valence-electron chi connectivity index (χ2n) is 4.38. The van der Waals surface area contributed by atoms with Gasteiger partial charge in [-0.25, -0.2) is 0 Å². The van der Waals surface area contributed by atoms with Gasteiger partial charge in [0.1, 0.15) is 0 Å². The molecular weight excluding hydrogens is 172 g/mol. The Morgan fingerprint density at radius 2 is 2.29 bits per heavy atom. The third-order valence-corrected chi connectivity index (χ3v) is 3.00. The Balaban J connectivity index is 2.03. The van der Waals surface area contributed by atoms with Crippen LogP contribution in [0.15, 0.2) is 23.3 Å². The first-order chi connectivity index (χ1) is 6.81. The first kappa shape index (κ1) is 9.70. The van der Waals surface area contributed by atoms with Crippen molar-refractivity contribution in [3.63, 3.8) is 0 Å². The number of Topliss-reactive ketones (excluding diaryl/α,β-unsaturated/α-hetero) is 1. The van der Waals surface area contributed by atoms with Crippen LogP contribution in [-0.4, -0.2) is 5.78 Å². The molecule has 2 aliphatic carbocycles. The number of rotatable bonds is 4. The van der Waals surface area contributed by atoms with E-state index in [0.29, 0.717) is 12.2 Å². The maximum atomic E-state index is 11.6. The van der Waals surface area contributed by atoms with E-state index < -0.39 is 0 Å². The molecule has 0 aromatic rings. The van der Waals surface area contributed by atoms with Crippen molar-refractivity contribution in [1.82, 2.24) is 0 Å². The van der Waals surface area contributed by atoms with Gasteiger partial charge in [0.25, 0.3) is 0 Å². The zero-order valence-electron chi connectivity index (χ0n) is 8.88. The molecule has 0 spiro atoms. The maximum Gasteiger partial charge on any atom is 0.166 e. The van der Waals surface area contributed by atoms with Crippen LogP contribution in [0.5, 0.6) is 0 Å². The zero-order valence-corrected chi connectivity index (χ0v) is 8.88. The molecule has 0 aromatic carbocycles. The molecule has 0 aliphatic heterocycles. The average molecular weight is 190 g/mol. The quantitative estimate of drug-likeness (QED) is 0.621. The van der Waals surface area contributed by atoms with E-state index >= 15 is 0 Å². The Labute approximate surface area is 85.9 Å². The molecule has 0 aromatic heterocycles. The van der Waals surface area contributed by atoms with E-state index in [1.54, 1.807) is 0 Å². The summed E-state index contributed by atoms with van der Waals surface area (Å²) in [6, 6.07) is 0. The molecule has 0 heterocycles. The van der Waals surface area contributed by atoms with Crippen molar-refractivity contribution in [2.75, 3.05) is 0 Å². The first-order valence-corrected chi connectivity index (χ1v) is 5.75. The van der Waals surface area contributed by atoms with Gasteiger partial charge in [0.2, 0.25) is 0 Å². The third kappa shape index (κ3) is 2.14. The second-order valence-corrected chi connectivity index (χ2v) is 4.38. The van der Waals surface area contributed by atoms with Crippen LogP contribution in [0.1, 0.15) is 45.4 Å². The largest absolute Gasteiger partial charge is 0.294 e. The zero-order chi connectivity index (χ0) is 9.97. The lowest BCUT2D eigenvalue weighted by molar-refractivity contribution is -0.114. The van der Waals surface area contributed by atoms with Gasteiger partial charge < -0.3 is 0 Å². The fourth-order valence-electron chi connectivity index (χ4n) is 1.92. The summed E-state index contributed by atoms with van der Waals surface area (Å²) < 4.78 is 0. The smallest absolute Gasteiger partial charge is 0.166 e. The monoisotopic (exact) mass is 190 g/mol. The van der Waals surface area contributed by atoms with Gasteiger partial charge in [-0.2, -0.15) is 0 Å². The van der Waals surface area contributed by atoms with Crippen molar-refractivity contribution >= 4 is 5.78 Å². The van der Waals surface area contributed by atoms with Crippen molar-refractivity contribution in [1.29, 1.82) is 0 Å². The molecule has 1 heteroatoms. The fourth-order valence-corrected chi connectivity index (χ4v) is 1.92. The Morgan fingerprint density at radius 3 is 2.93 bits per heavy atom. The molecule has 0 radical (unpaired) electrons. The van der Waals surface area contributed by atoms with Gasteiger partial charge in [-0.15, -0.1) is 0 Å².